The SMILES string of the molecule is O=C1CCN(CCc2ccccc2Cl)CC1. The van der Waals surface area contributed by atoms with E-state index in [-0.39, 0.29) is 0 Å². The van der Waals surface area contributed by atoms with Crippen molar-refractivity contribution in [1.82, 2.24) is 4.90 Å². The Hall–Kier alpha value is -0.860. The van der Waals surface area contributed by atoms with Crippen molar-refractivity contribution >= 4 is 17.4 Å². The fourth-order valence-electron chi connectivity index (χ4n) is 2.01. The van der Waals surface area contributed by atoms with Crippen LogP contribution in [-0.2, 0) is 11.2 Å². The minimum atomic E-state index is 0.397. The van der Waals surface area contributed by atoms with E-state index in [1.54, 1.807) is 0 Å². The maximum Gasteiger partial charge on any atom is 0.135 e. The molecule has 1 fully saturated rings. The highest BCUT2D eigenvalue weighted by molar-refractivity contribution is 6.31. The van der Waals surface area contributed by atoms with Crippen LogP contribution in [0, 0.1) is 0 Å². The van der Waals surface area contributed by atoms with Gasteiger partial charge in [0, 0.05) is 37.5 Å². The topological polar surface area (TPSA) is 20.3 Å². The van der Waals surface area contributed by atoms with Crippen LogP contribution in [-0.4, -0.2) is 30.3 Å². The predicted molar refractivity (Wildman–Crippen MR) is 65.8 cm³/mol. The van der Waals surface area contributed by atoms with Gasteiger partial charge in [-0.1, -0.05) is 29.8 Å². The Balaban J connectivity index is 1.84. The molecule has 0 saturated carbocycles. The number of carbonyl (C=O) groups is 1. The molecule has 3 heteroatoms. The summed E-state index contributed by atoms with van der Waals surface area (Å²) in [5.74, 6) is 0.397. The van der Waals surface area contributed by atoms with Crippen LogP contribution in [0.15, 0.2) is 24.3 Å². The number of rotatable bonds is 3. The number of likely N-dealkylation sites (tertiary alicyclic amines) is 1. The summed E-state index contributed by atoms with van der Waals surface area (Å²) in [6.45, 7) is 2.81. The lowest BCUT2D eigenvalue weighted by Crippen LogP contribution is -2.35. The molecule has 0 aromatic heterocycles. The Bertz CT molecular complexity index is 368. The van der Waals surface area contributed by atoms with Crippen molar-refractivity contribution < 1.29 is 4.79 Å². The van der Waals surface area contributed by atoms with E-state index >= 15 is 0 Å². The molecule has 0 spiro atoms. The molecule has 0 unspecified atom stereocenters. The number of hydrogen-bond acceptors (Lipinski definition) is 2. The van der Waals surface area contributed by atoms with Gasteiger partial charge in [-0.2, -0.15) is 0 Å². The van der Waals surface area contributed by atoms with E-state index in [1.807, 2.05) is 18.2 Å². The number of halogens is 1. The highest BCUT2D eigenvalue weighted by atomic mass is 35.5. The molecule has 1 aromatic rings. The molecule has 1 saturated heterocycles. The van der Waals surface area contributed by atoms with Crippen molar-refractivity contribution in [3.8, 4) is 0 Å². The molecule has 0 N–H and O–H groups in total. The molecule has 1 aliphatic heterocycles. The Morgan fingerprint density at radius 2 is 1.88 bits per heavy atom. The van der Waals surface area contributed by atoms with E-state index < -0.39 is 0 Å². The first kappa shape index (κ1) is 11.6. The second kappa shape index (κ2) is 5.46. The van der Waals surface area contributed by atoms with Gasteiger partial charge in [0.1, 0.15) is 5.78 Å². The van der Waals surface area contributed by atoms with Crippen molar-refractivity contribution in [2.45, 2.75) is 19.3 Å². The van der Waals surface area contributed by atoms with E-state index in [0.29, 0.717) is 18.6 Å². The van der Waals surface area contributed by atoms with E-state index in [4.69, 9.17) is 11.6 Å². The van der Waals surface area contributed by atoms with E-state index in [9.17, 15) is 4.79 Å². The third-order valence-corrected chi connectivity index (χ3v) is 3.44. The molecule has 1 aromatic carbocycles. The largest absolute Gasteiger partial charge is 0.302 e. The van der Waals surface area contributed by atoms with Crippen LogP contribution in [0.4, 0.5) is 0 Å². The Kier molecular flexibility index (Phi) is 3.97. The van der Waals surface area contributed by atoms with Gasteiger partial charge < -0.3 is 4.90 Å². The van der Waals surface area contributed by atoms with Gasteiger partial charge >= 0.3 is 0 Å². The lowest BCUT2D eigenvalue weighted by molar-refractivity contribution is -0.121. The van der Waals surface area contributed by atoms with Crippen LogP contribution in [0.25, 0.3) is 0 Å². The van der Waals surface area contributed by atoms with Crippen molar-refractivity contribution in [2.24, 2.45) is 0 Å². The number of piperidine rings is 1. The lowest BCUT2D eigenvalue weighted by atomic mass is 10.1. The van der Waals surface area contributed by atoms with Crippen LogP contribution in [0.5, 0.6) is 0 Å². The second-order valence-corrected chi connectivity index (χ2v) is 4.63. The molecule has 2 rings (SSSR count). The molecule has 0 amide bonds. The summed E-state index contributed by atoms with van der Waals surface area (Å²) in [4.78, 5) is 13.4. The monoisotopic (exact) mass is 237 g/mol. The van der Waals surface area contributed by atoms with E-state index in [2.05, 4.69) is 11.0 Å². The first-order chi connectivity index (χ1) is 7.75. The number of ketones is 1. The van der Waals surface area contributed by atoms with Crippen molar-refractivity contribution in [2.75, 3.05) is 19.6 Å². The first-order valence-corrected chi connectivity index (χ1v) is 6.11. The van der Waals surface area contributed by atoms with E-state index in [0.717, 1.165) is 31.1 Å². The Labute approximate surface area is 101 Å². The Morgan fingerprint density at radius 1 is 1.19 bits per heavy atom. The quantitative estimate of drug-likeness (QED) is 0.805. The molecule has 0 atom stereocenters. The average molecular weight is 238 g/mol. The summed E-state index contributed by atoms with van der Waals surface area (Å²) in [7, 11) is 0. The molecule has 0 aliphatic carbocycles. The summed E-state index contributed by atoms with van der Waals surface area (Å²) < 4.78 is 0. The van der Waals surface area contributed by atoms with Gasteiger partial charge in [-0.15, -0.1) is 0 Å². The fraction of sp³-hybridized carbons (Fsp3) is 0.462. The average Bonchev–Trinajstić information content (AvgIpc) is 2.30. The van der Waals surface area contributed by atoms with Crippen LogP contribution in [0.1, 0.15) is 18.4 Å². The van der Waals surface area contributed by atoms with Gasteiger partial charge in [0.25, 0.3) is 0 Å². The van der Waals surface area contributed by atoms with Gasteiger partial charge in [0.05, 0.1) is 0 Å². The van der Waals surface area contributed by atoms with Crippen LogP contribution in [0.3, 0.4) is 0 Å². The minimum absolute atomic E-state index is 0.397. The van der Waals surface area contributed by atoms with Gasteiger partial charge in [-0.05, 0) is 18.1 Å². The van der Waals surface area contributed by atoms with Crippen LogP contribution in [0.2, 0.25) is 5.02 Å². The third-order valence-electron chi connectivity index (χ3n) is 3.07. The molecule has 86 valence electrons. The molecule has 2 nitrogen and oxygen atoms in total. The summed E-state index contributed by atoms with van der Waals surface area (Å²) in [5, 5.41) is 0.843. The number of hydrogen-bond donors (Lipinski definition) is 0. The Morgan fingerprint density at radius 3 is 2.56 bits per heavy atom. The maximum absolute atomic E-state index is 11.1. The summed E-state index contributed by atoms with van der Waals surface area (Å²) in [6.07, 6.45) is 2.39. The molecule has 1 heterocycles. The van der Waals surface area contributed by atoms with Crippen molar-refractivity contribution in [3.05, 3.63) is 34.9 Å². The third kappa shape index (κ3) is 3.06. The van der Waals surface area contributed by atoms with Crippen molar-refractivity contribution in [1.29, 1.82) is 0 Å². The van der Waals surface area contributed by atoms with Crippen LogP contribution >= 0.6 is 11.6 Å². The molecule has 16 heavy (non-hydrogen) atoms. The van der Waals surface area contributed by atoms with E-state index in [1.165, 1.54) is 5.56 Å². The molecule has 0 bridgehead atoms. The number of carbonyl (C=O) groups excluding carboxylic acids is 1. The highest BCUT2D eigenvalue weighted by Crippen LogP contribution is 2.16. The zero-order chi connectivity index (χ0) is 11.4. The zero-order valence-corrected chi connectivity index (χ0v) is 10.0. The molecular weight excluding hydrogens is 222 g/mol. The molecule has 1 aliphatic rings. The molecule has 0 radical (unpaired) electrons. The summed E-state index contributed by atoms with van der Waals surface area (Å²) in [6, 6.07) is 7.96. The summed E-state index contributed by atoms with van der Waals surface area (Å²) in [5.41, 5.74) is 1.20. The number of benzene rings is 1. The minimum Gasteiger partial charge on any atom is -0.302 e. The van der Waals surface area contributed by atoms with Gasteiger partial charge in [-0.3, -0.25) is 4.79 Å². The number of nitrogens with zero attached hydrogens (tertiary/aromatic N) is 1. The number of Topliss-reactive ketones (excluding diaryl/α,β-unsaturated/α-hetero) is 1. The van der Waals surface area contributed by atoms with Crippen molar-refractivity contribution in [3.63, 3.8) is 0 Å². The highest BCUT2D eigenvalue weighted by Gasteiger charge is 2.15. The smallest absolute Gasteiger partial charge is 0.135 e. The van der Waals surface area contributed by atoms with Gasteiger partial charge in [-0.25, -0.2) is 0 Å². The standard InChI is InChI=1S/C13H16ClNO/c14-13-4-2-1-3-11(13)5-8-15-9-6-12(16)7-10-15/h1-4H,5-10H2. The summed E-state index contributed by atoms with van der Waals surface area (Å²) >= 11 is 6.09. The normalized spacial score (nSPS) is 17.7. The fourth-order valence-corrected chi connectivity index (χ4v) is 2.24. The second-order valence-electron chi connectivity index (χ2n) is 4.22. The van der Waals surface area contributed by atoms with Gasteiger partial charge in [0.2, 0.25) is 0 Å². The predicted octanol–water partition coefficient (Wildman–Crippen LogP) is 2.55. The zero-order valence-electron chi connectivity index (χ0n) is 9.29. The maximum atomic E-state index is 11.1. The van der Waals surface area contributed by atoms with Gasteiger partial charge in [0.15, 0.2) is 0 Å². The lowest BCUT2D eigenvalue weighted by Gasteiger charge is -2.25. The first-order valence-electron chi connectivity index (χ1n) is 5.73. The van der Waals surface area contributed by atoms with Crippen LogP contribution < -0.4 is 0 Å². The molecular formula is C13H16ClNO.